The summed E-state index contributed by atoms with van der Waals surface area (Å²) >= 11 is 0. The van der Waals surface area contributed by atoms with Crippen LogP contribution in [0, 0.1) is 0 Å². The highest BCUT2D eigenvalue weighted by Gasteiger charge is 2.22. The first-order valence-electron chi connectivity index (χ1n) is 4.80. The highest BCUT2D eigenvalue weighted by Crippen LogP contribution is 2.17. The van der Waals surface area contributed by atoms with Gasteiger partial charge in [0.15, 0.2) is 6.10 Å². The van der Waals surface area contributed by atoms with Gasteiger partial charge in [0.1, 0.15) is 6.10 Å². The van der Waals surface area contributed by atoms with Crippen molar-refractivity contribution in [2.75, 3.05) is 0 Å². The van der Waals surface area contributed by atoms with Gasteiger partial charge in [0.25, 0.3) is 0 Å². The second-order valence-electron chi connectivity index (χ2n) is 3.39. The van der Waals surface area contributed by atoms with Crippen LogP contribution in [0.4, 0.5) is 0 Å². The third-order valence-corrected chi connectivity index (χ3v) is 2.32. The summed E-state index contributed by atoms with van der Waals surface area (Å²) in [6.45, 7) is 2.02. The number of rotatable bonds is 4. The summed E-state index contributed by atoms with van der Waals surface area (Å²) in [5, 5.41) is 18.8. The van der Waals surface area contributed by atoms with Gasteiger partial charge < -0.3 is 15.9 Å². The van der Waals surface area contributed by atoms with Gasteiger partial charge >= 0.3 is 0 Å². The molecule has 4 N–H and O–H groups in total. The normalized spacial score (nSPS) is 14.6. The number of aryl methyl sites for hydroxylation is 1. The number of hydrogen-bond acceptors (Lipinski definition) is 3. The van der Waals surface area contributed by atoms with Gasteiger partial charge in [-0.25, -0.2) is 0 Å². The van der Waals surface area contributed by atoms with E-state index in [2.05, 4.69) is 0 Å². The number of amides is 1. The highest BCUT2D eigenvalue weighted by molar-refractivity contribution is 5.79. The summed E-state index contributed by atoms with van der Waals surface area (Å²) in [6.07, 6.45) is -1.92. The molecule has 0 fully saturated rings. The molecule has 0 heterocycles. The fourth-order valence-electron chi connectivity index (χ4n) is 1.29. The van der Waals surface area contributed by atoms with E-state index in [0.29, 0.717) is 5.56 Å². The van der Waals surface area contributed by atoms with E-state index >= 15 is 0 Å². The lowest BCUT2D eigenvalue weighted by atomic mass is 10.0. The number of hydrogen-bond donors (Lipinski definition) is 3. The molecule has 0 radical (unpaired) electrons. The maximum atomic E-state index is 10.6. The Kier molecular flexibility index (Phi) is 3.82. The minimum Gasteiger partial charge on any atom is -0.385 e. The van der Waals surface area contributed by atoms with Crippen LogP contribution in [0.1, 0.15) is 24.2 Å². The molecule has 1 aromatic carbocycles. The highest BCUT2D eigenvalue weighted by atomic mass is 16.3. The molecule has 4 heteroatoms. The standard InChI is InChI=1S/C11H15NO3/c1-2-7-3-5-8(6-4-7)9(13)10(14)11(12)15/h3-6,9-10,13-14H,2H2,1H3,(H2,12,15). The van der Waals surface area contributed by atoms with Crippen LogP contribution in [0.15, 0.2) is 24.3 Å². The maximum absolute atomic E-state index is 10.6. The summed E-state index contributed by atoms with van der Waals surface area (Å²) in [6, 6.07) is 7.03. The first-order valence-corrected chi connectivity index (χ1v) is 4.80. The average Bonchev–Trinajstić information content (AvgIpc) is 2.27. The van der Waals surface area contributed by atoms with Crippen LogP contribution in [0.2, 0.25) is 0 Å². The van der Waals surface area contributed by atoms with Crippen molar-refractivity contribution in [2.45, 2.75) is 25.6 Å². The summed E-state index contributed by atoms with van der Waals surface area (Å²) in [5.74, 6) is -0.929. The molecule has 0 aliphatic carbocycles. The van der Waals surface area contributed by atoms with Crippen molar-refractivity contribution < 1.29 is 15.0 Å². The van der Waals surface area contributed by atoms with Crippen LogP contribution in [0.3, 0.4) is 0 Å². The fourth-order valence-corrected chi connectivity index (χ4v) is 1.29. The number of nitrogens with two attached hydrogens (primary N) is 1. The number of aliphatic hydroxyl groups excluding tert-OH is 2. The largest absolute Gasteiger partial charge is 0.385 e. The monoisotopic (exact) mass is 209 g/mol. The quantitative estimate of drug-likeness (QED) is 0.659. The predicted molar refractivity (Wildman–Crippen MR) is 56.0 cm³/mol. The van der Waals surface area contributed by atoms with Crippen LogP contribution in [-0.4, -0.2) is 22.2 Å². The fraction of sp³-hybridized carbons (Fsp3) is 0.364. The number of primary amides is 1. The zero-order valence-corrected chi connectivity index (χ0v) is 8.55. The van der Waals surface area contributed by atoms with Gasteiger partial charge in [0.05, 0.1) is 0 Å². The molecule has 4 nitrogen and oxygen atoms in total. The Labute approximate surface area is 88.3 Å². The lowest BCUT2D eigenvalue weighted by Gasteiger charge is -2.15. The van der Waals surface area contributed by atoms with E-state index in [1.165, 1.54) is 0 Å². The maximum Gasteiger partial charge on any atom is 0.249 e. The lowest BCUT2D eigenvalue weighted by Crippen LogP contribution is -2.33. The first-order chi connectivity index (χ1) is 7.06. The van der Waals surface area contributed by atoms with Gasteiger partial charge in [-0.3, -0.25) is 4.79 Å². The van der Waals surface area contributed by atoms with Crippen molar-refractivity contribution in [3.8, 4) is 0 Å². The Hall–Kier alpha value is -1.39. The third-order valence-electron chi connectivity index (χ3n) is 2.32. The number of aliphatic hydroxyl groups is 2. The molecule has 0 aromatic heterocycles. The predicted octanol–water partition coefficient (Wildman–Crippen LogP) is 0.129. The van der Waals surface area contributed by atoms with Crippen LogP contribution >= 0.6 is 0 Å². The van der Waals surface area contributed by atoms with Gasteiger partial charge in [0, 0.05) is 0 Å². The van der Waals surface area contributed by atoms with E-state index in [9.17, 15) is 15.0 Å². The van der Waals surface area contributed by atoms with E-state index in [1.54, 1.807) is 12.1 Å². The summed E-state index contributed by atoms with van der Waals surface area (Å²) in [5.41, 5.74) is 6.49. The Morgan fingerprint density at radius 1 is 1.33 bits per heavy atom. The van der Waals surface area contributed by atoms with E-state index < -0.39 is 18.1 Å². The molecule has 15 heavy (non-hydrogen) atoms. The van der Waals surface area contributed by atoms with Crippen molar-refractivity contribution in [1.82, 2.24) is 0 Å². The molecule has 0 saturated carbocycles. The molecule has 1 aromatic rings. The first kappa shape index (κ1) is 11.7. The van der Waals surface area contributed by atoms with Gasteiger partial charge in [-0.05, 0) is 17.5 Å². The van der Waals surface area contributed by atoms with Crippen molar-refractivity contribution >= 4 is 5.91 Å². The van der Waals surface area contributed by atoms with Gasteiger partial charge in [-0.1, -0.05) is 31.2 Å². The van der Waals surface area contributed by atoms with Crippen molar-refractivity contribution in [1.29, 1.82) is 0 Å². The minimum absolute atomic E-state index is 0.485. The molecule has 2 unspecified atom stereocenters. The topological polar surface area (TPSA) is 83.6 Å². The van der Waals surface area contributed by atoms with E-state index in [-0.39, 0.29) is 0 Å². The molecule has 0 aliphatic rings. The van der Waals surface area contributed by atoms with Crippen LogP contribution < -0.4 is 5.73 Å². The molecule has 0 saturated heterocycles. The van der Waals surface area contributed by atoms with Gasteiger partial charge in [-0.15, -0.1) is 0 Å². The summed E-state index contributed by atoms with van der Waals surface area (Å²) in [7, 11) is 0. The van der Waals surface area contributed by atoms with Gasteiger partial charge in [-0.2, -0.15) is 0 Å². The molecular formula is C11H15NO3. The zero-order chi connectivity index (χ0) is 11.4. The SMILES string of the molecule is CCc1ccc(C(O)C(O)C(N)=O)cc1. The number of carbonyl (C=O) groups excluding carboxylic acids is 1. The molecule has 2 atom stereocenters. The van der Waals surface area contributed by atoms with Crippen molar-refractivity contribution in [2.24, 2.45) is 5.73 Å². The lowest BCUT2D eigenvalue weighted by molar-refractivity contribution is -0.131. The Bertz CT molecular complexity index is 334. The molecule has 0 aliphatic heterocycles. The van der Waals surface area contributed by atoms with E-state index in [1.807, 2.05) is 19.1 Å². The Balaban J connectivity index is 2.82. The molecule has 82 valence electrons. The second kappa shape index (κ2) is 4.91. The van der Waals surface area contributed by atoms with Gasteiger partial charge in [0.2, 0.25) is 5.91 Å². The van der Waals surface area contributed by atoms with E-state index in [0.717, 1.165) is 12.0 Å². The van der Waals surface area contributed by atoms with Crippen molar-refractivity contribution in [3.63, 3.8) is 0 Å². The summed E-state index contributed by atoms with van der Waals surface area (Å²) < 4.78 is 0. The van der Waals surface area contributed by atoms with Crippen molar-refractivity contribution in [3.05, 3.63) is 35.4 Å². The third kappa shape index (κ3) is 2.78. The molecular weight excluding hydrogens is 194 g/mol. The molecule has 0 spiro atoms. The zero-order valence-electron chi connectivity index (χ0n) is 8.55. The van der Waals surface area contributed by atoms with E-state index in [4.69, 9.17) is 5.73 Å². The molecule has 1 rings (SSSR count). The minimum atomic E-state index is -1.56. The van der Waals surface area contributed by atoms with Crippen LogP contribution in [0.25, 0.3) is 0 Å². The second-order valence-corrected chi connectivity index (χ2v) is 3.39. The molecule has 1 amide bonds. The Morgan fingerprint density at radius 3 is 2.27 bits per heavy atom. The van der Waals surface area contributed by atoms with Crippen LogP contribution in [-0.2, 0) is 11.2 Å². The summed E-state index contributed by atoms with van der Waals surface area (Å²) in [4.78, 5) is 10.6. The Morgan fingerprint density at radius 2 is 1.87 bits per heavy atom. The van der Waals surface area contributed by atoms with Crippen LogP contribution in [0.5, 0.6) is 0 Å². The number of benzene rings is 1. The molecule has 0 bridgehead atoms. The average molecular weight is 209 g/mol. The number of carbonyl (C=O) groups is 1. The smallest absolute Gasteiger partial charge is 0.249 e.